The van der Waals surface area contributed by atoms with Crippen LogP contribution in [0.1, 0.15) is 46.5 Å². The van der Waals surface area contributed by atoms with Crippen LogP contribution in [0.5, 0.6) is 0 Å². The molecule has 0 aromatic carbocycles. The number of hydrogen-bond donors (Lipinski definition) is 3. The van der Waals surface area contributed by atoms with E-state index in [0.29, 0.717) is 26.2 Å². The van der Waals surface area contributed by atoms with E-state index in [2.05, 4.69) is 31.4 Å². The third kappa shape index (κ3) is 7.37. The third-order valence-corrected chi connectivity index (χ3v) is 4.76. The molecule has 8 heteroatoms. The van der Waals surface area contributed by atoms with Gasteiger partial charge in [0, 0.05) is 25.6 Å². The third-order valence-electron chi connectivity index (χ3n) is 4.76. The molecule has 0 aromatic rings. The number of aliphatic hydroxyl groups excluding tert-OH is 1. The minimum atomic E-state index is -0.476. The minimum absolute atomic E-state index is 0.00446. The number of alkyl carbamates (subject to hydrolysis) is 2. The van der Waals surface area contributed by atoms with Gasteiger partial charge in [0.15, 0.2) is 0 Å². The summed E-state index contributed by atoms with van der Waals surface area (Å²) in [6.45, 7) is 8.06. The zero-order chi connectivity index (χ0) is 19.2. The summed E-state index contributed by atoms with van der Waals surface area (Å²) in [5, 5.41) is 14.5. The number of carbonyl (C=O) groups excluding carboxylic acids is 2. The molecule has 3 N–H and O–H groups in total. The van der Waals surface area contributed by atoms with Crippen LogP contribution in [0.25, 0.3) is 0 Å². The van der Waals surface area contributed by atoms with Gasteiger partial charge in [0.1, 0.15) is 12.7 Å². The van der Waals surface area contributed by atoms with Gasteiger partial charge in [-0.15, -0.1) is 0 Å². The first-order valence-corrected chi connectivity index (χ1v) is 9.28. The van der Waals surface area contributed by atoms with E-state index < -0.39 is 12.2 Å². The molecule has 3 atom stereocenters. The Hall–Kier alpha value is -1.54. The van der Waals surface area contributed by atoms with E-state index in [-0.39, 0.29) is 36.2 Å². The van der Waals surface area contributed by atoms with Crippen LogP contribution in [0, 0.1) is 10.8 Å². The summed E-state index contributed by atoms with van der Waals surface area (Å²) in [7, 11) is 0. The number of nitrogens with one attached hydrogen (secondary N) is 2. The van der Waals surface area contributed by atoms with Crippen molar-refractivity contribution in [3.63, 3.8) is 0 Å². The van der Waals surface area contributed by atoms with Crippen molar-refractivity contribution in [3.8, 4) is 0 Å². The first-order chi connectivity index (χ1) is 12.2. The number of ether oxygens (including phenoxy) is 3. The summed E-state index contributed by atoms with van der Waals surface area (Å²) in [5.41, 5.74) is -0.123. The summed E-state index contributed by atoms with van der Waals surface area (Å²) in [6, 6.07) is -0.0106. The molecule has 0 spiro atoms. The van der Waals surface area contributed by atoms with Gasteiger partial charge in [-0.05, 0) is 30.1 Å². The van der Waals surface area contributed by atoms with Crippen LogP contribution >= 0.6 is 0 Å². The molecule has 2 fully saturated rings. The number of aliphatic hydroxyl groups is 1. The van der Waals surface area contributed by atoms with Gasteiger partial charge in [0.05, 0.1) is 13.2 Å². The SMILES string of the molecule is CC1(C)CC(NC(=O)OC[C@@H]2CO2)CC(C)(CNC(=O)OCCCO)C1. The molecule has 0 radical (unpaired) electrons. The Morgan fingerprint density at radius 1 is 1.19 bits per heavy atom. The van der Waals surface area contributed by atoms with Crippen molar-refractivity contribution in [2.75, 3.05) is 33.0 Å². The largest absolute Gasteiger partial charge is 0.449 e. The van der Waals surface area contributed by atoms with Crippen LogP contribution in [0.3, 0.4) is 0 Å². The van der Waals surface area contributed by atoms with Crippen LogP contribution in [0.2, 0.25) is 0 Å². The maximum absolute atomic E-state index is 12.0. The Kier molecular flexibility index (Phi) is 7.11. The molecular formula is C18H32N2O6. The summed E-state index contributed by atoms with van der Waals surface area (Å²) < 4.78 is 15.2. The lowest BCUT2D eigenvalue weighted by molar-refractivity contribution is 0.0611. The molecule has 2 aliphatic rings. The summed E-state index contributed by atoms with van der Waals surface area (Å²) >= 11 is 0. The molecule has 2 rings (SSSR count). The maximum atomic E-state index is 12.0. The molecule has 1 saturated heterocycles. The second-order valence-corrected chi connectivity index (χ2v) is 8.52. The van der Waals surface area contributed by atoms with Crippen LogP contribution in [0.15, 0.2) is 0 Å². The highest BCUT2D eigenvalue weighted by Crippen LogP contribution is 2.45. The highest BCUT2D eigenvalue weighted by molar-refractivity contribution is 5.68. The zero-order valence-corrected chi connectivity index (χ0v) is 16.0. The van der Waals surface area contributed by atoms with Crippen molar-refractivity contribution >= 4 is 12.2 Å². The maximum Gasteiger partial charge on any atom is 0.407 e. The average molecular weight is 372 g/mol. The Balaban J connectivity index is 1.81. The molecule has 1 heterocycles. The molecule has 8 nitrogen and oxygen atoms in total. The molecule has 1 saturated carbocycles. The summed E-state index contributed by atoms with van der Waals surface area (Å²) in [5.74, 6) is 0. The quantitative estimate of drug-likeness (QED) is 0.443. The molecule has 2 unspecified atom stereocenters. The van der Waals surface area contributed by atoms with Crippen molar-refractivity contribution in [2.45, 2.75) is 58.6 Å². The van der Waals surface area contributed by atoms with Gasteiger partial charge >= 0.3 is 12.2 Å². The molecule has 1 aliphatic carbocycles. The van der Waals surface area contributed by atoms with Gasteiger partial charge in [-0.2, -0.15) is 0 Å². The molecule has 0 aromatic heterocycles. The van der Waals surface area contributed by atoms with E-state index in [1.165, 1.54) is 0 Å². The van der Waals surface area contributed by atoms with E-state index in [4.69, 9.17) is 19.3 Å². The second-order valence-electron chi connectivity index (χ2n) is 8.52. The smallest absolute Gasteiger partial charge is 0.407 e. The van der Waals surface area contributed by atoms with E-state index in [0.717, 1.165) is 19.3 Å². The van der Waals surface area contributed by atoms with Crippen LogP contribution in [0.4, 0.5) is 9.59 Å². The lowest BCUT2D eigenvalue weighted by atomic mass is 9.62. The zero-order valence-electron chi connectivity index (χ0n) is 16.0. The first kappa shape index (κ1) is 20.8. The molecule has 0 bridgehead atoms. The average Bonchev–Trinajstić information content (AvgIpc) is 3.34. The normalized spacial score (nSPS) is 29.5. The van der Waals surface area contributed by atoms with Gasteiger partial charge in [-0.1, -0.05) is 20.8 Å². The van der Waals surface area contributed by atoms with Crippen molar-refractivity contribution in [1.82, 2.24) is 10.6 Å². The number of amides is 2. The van der Waals surface area contributed by atoms with E-state index >= 15 is 0 Å². The van der Waals surface area contributed by atoms with E-state index in [1.54, 1.807) is 0 Å². The fraction of sp³-hybridized carbons (Fsp3) is 0.889. The molecular weight excluding hydrogens is 340 g/mol. The minimum Gasteiger partial charge on any atom is -0.449 e. The number of epoxide rings is 1. The number of carbonyl (C=O) groups is 2. The van der Waals surface area contributed by atoms with Crippen LogP contribution in [-0.2, 0) is 14.2 Å². The van der Waals surface area contributed by atoms with Gasteiger partial charge in [0.25, 0.3) is 0 Å². The molecule has 2 amide bonds. The molecule has 1 aliphatic heterocycles. The highest BCUT2D eigenvalue weighted by atomic mass is 16.6. The fourth-order valence-corrected chi connectivity index (χ4v) is 3.98. The Bertz CT molecular complexity index is 494. The predicted molar refractivity (Wildman–Crippen MR) is 94.8 cm³/mol. The standard InChI is InChI=1S/C18H32N2O6/c1-17(2)7-13(20-16(23)26-10-14-9-25-14)8-18(3,11-17)12-19-15(22)24-6-4-5-21/h13-14,21H,4-12H2,1-3H3,(H,19,22)(H,20,23)/t13?,14-,18?/m0/s1. The highest BCUT2D eigenvalue weighted by Gasteiger charge is 2.42. The van der Waals surface area contributed by atoms with Gasteiger partial charge in [0.2, 0.25) is 0 Å². The first-order valence-electron chi connectivity index (χ1n) is 9.28. The summed E-state index contributed by atoms with van der Waals surface area (Å²) in [4.78, 5) is 23.7. The van der Waals surface area contributed by atoms with Crippen LogP contribution in [-0.4, -0.2) is 62.4 Å². The topological polar surface area (TPSA) is 109 Å². The Labute approximate surface area is 154 Å². The predicted octanol–water partition coefficient (Wildman–Crippen LogP) is 1.80. The number of rotatable bonds is 8. The molecule has 26 heavy (non-hydrogen) atoms. The van der Waals surface area contributed by atoms with Crippen molar-refractivity contribution in [3.05, 3.63) is 0 Å². The number of hydrogen-bond acceptors (Lipinski definition) is 6. The van der Waals surface area contributed by atoms with Crippen molar-refractivity contribution < 1.29 is 28.9 Å². The van der Waals surface area contributed by atoms with E-state index in [9.17, 15) is 9.59 Å². The Morgan fingerprint density at radius 3 is 2.58 bits per heavy atom. The fourth-order valence-electron chi connectivity index (χ4n) is 3.98. The summed E-state index contributed by atoms with van der Waals surface area (Å²) in [6.07, 6.45) is 2.13. The van der Waals surface area contributed by atoms with E-state index in [1.807, 2.05) is 0 Å². The van der Waals surface area contributed by atoms with Crippen molar-refractivity contribution in [1.29, 1.82) is 0 Å². The van der Waals surface area contributed by atoms with Crippen LogP contribution < -0.4 is 10.6 Å². The van der Waals surface area contributed by atoms with Crippen molar-refractivity contribution in [2.24, 2.45) is 10.8 Å². The second kappa shape index (κ2) is 8.90. The Morgan fingerprint density at radius 2 is 1.92 bits per heavy atom. The monoisotopic (exact) mass is 372 g/mol. The van der Waals surface area contributed by atoms with Gasteiger partial charge < -0.3 is 30.0 Å². The lowest BCUT2D eigenvalue weighted by Gasteiger charge is -2.46. The van der Waals surface area contributed by atoms with Gasteiger partial charge in [-0.3, -0.25) is 0 Å². The lowest BCUT2D eigenvalue weighted by Crippen LogP contribution is -2.50. The molecule has 150 valence electrons. The van der Waals surface area contributed by atoms with Gasteiger partial charge in [-0.25, -0.2) is 9.59 Å².